The average molecular weight is 512 g/mol. The van der Waals surface area contributed by atoms with Crippen LogP contribution >= 0.6 is 0 Å². The molecule has 0 fully saturated rings. The number of ether oxygens (including phenoxy) is 2. The highest BCUT2D eigenvalue weighted by Crippen LogP contribution is 2.41. The number of nitrogen functional groups attached to an aromatic ring is 1. The van der Waals surface area contributed by atoms with E-state index < -0.39 is 11.0 Å². The first-order valence-electron chi connectivity index (χ1n) is 11.9. The van der Waals surface area contributed by atoms with Crippen LogP contribution in [0.3, 0.4) is 0 Å². The highest BCUT2D eigenvalue weighted by atomic mass is 32.2. The number of hydrogen-bond donors (Lipinski definition) is 2. The van der Waals surface area contributed by atoms with E-state index in [9.17, 15) is 4.21 Å². The summed E-state index contributed by atoms with van der Waals surface area (Å²) in [5, 5.41) is 0. The van der Waals surface area contributed by atoms with E-state index >= 15 is 0 Å². The maximum atomic E-state index is 12.5. The lowest BCUT2D eigenvalue weighted by atomic mass is 10.1. The minimum Gasteiger partial charge on any atom is -0.457 e. The molecule has 1 aliphatic heterocycles. The zero-order chi connectivity index (χ0) is 25.4. The van der Waals surface area contributed by atoms with Crippen LogP contribution in [0, 0.1) is 0 Å². The Morgan fingerprint density at radius 1 is 1.05 bits per heavy atom. The Morgan fingerprint density at radius 3 is 2.68 bits per heavy atom. The van der Waals surface area contributed by atoms with Crippen LogP contribution in [0.1, 0.15) is 29.8 Å². The number of benzene rings is 3. The van der Waals surface area contributed by atoms with Crippen molar-refractivity contribution in [1.82, 2.24) is 14.5 Å². The second-order valence-corrected chi connectivity index (χ2v) is 9.99. The van der Waals surface area contributed by atoms with E-state index in [1.807, 2.05) is 85.8 Å². The first-order valence-corrected chi connectivity index (χ1v) is 13.2. The summed E-state index contributed by atoms with van der Waals surface area (Å²) < 4.78 is 29.6. The molecule has 3 N–H and O–H groups in total. The molecule has 5 aromatic rings. The maximum Gasteiger partial charge on any atom is 0.151 e. The number of aromatic nitrogens is 3. The fourth-order valence-corrected chi connectivity index (χ4v) is 5.62. The third kappa shape index (κ3) is 4.54. The van der Waals surface area contributed by atoms with Crippen molar-refractivity contribution >= 4 is 33.5 Å². The van der Waals surface area contributed by atoms with Gasteiger partial charge in [0.2, 0.25) is 0 Å². The minimum absolute atomic E-state index is 0.0569. The van der Waals surface area contributed by atoms with Crippen molar-refractivity contribution in [3.05, 3.63) is 102 Å². The molecule has 2 aromatic heterocycles. The van der Waals surface area contributed by atoms with Crippen molar-refractivity contribution < 1.29 is 13.7 Å². The molecule has 3 aromatic carbocycles. The summed E-state index contributed by atoms with van der Waals surface area (Å²) in [6.07, 6.45) is 1.43. The first-order chi connectivity index (χ1) is 18.1. The van der Waals surface area contributed by atoms with Gasteiger partial charge < -0.3 is 24.5 Å². The van der Waals surface area contributed by atoms with Crippen molar-refractivity contribution in [2.45, 2.75) is 25.4 Å². The molecule has 9 heteroatoms. The van der Waals surface area contributed by atoms with Gasteiger partial charge in [-0.25, -0.2) is 14.2 Å². The van der Waals surface area contributed by atoms with E-state index in [1.165, 1.54) is 6.33 Å². The molecule has 3 heterocycles. The SMILES string of the molecule is CC1OCc2c1c1ncnc(N)c1n2-c1ccc(Oc2cccc(NS(=O)Cc3ccccc3)c2)cc1. The van der Waals surface area contributed by atoms with Gasteiger partial charge >= 0.3 is 0 Å². The van der Waals surface area contributed by atoms with Crippen molar-refractivity contribution in [2.75, 3.05) is 10.5 Å². The predicted octanol–water partition coefficient (Wildman–Crippen LogP) is 5.66. The molecule has 0 amide bonds. The number of nitrogens with zero attached hydrogens (tertiary/aromatic N) is 3. The zero-order valence-electron chi connectivity index (χ0n) is 20.1. The second kappa shape index (κ2) is 9.68. The molecule has 0 spiro atoms. The topological polar surface area (TPSA) is 104 Å². The van der Waals surface area contributed by atoms with Crippen molar-refractivity contribution in [3.63, 3.8) is 0 Å². The Balaban J connectivity index is 1.21. The van der Waals surface area contributed by atoms with Crippen LogP contribution in [0.2, 0.25) is 0 Å². The van der Waals surface area contributed by atoms with Crippen LogP contribution in [0.25, 0.3) is 16.7 Å². The van der Waals surface area contributed by atoms with Crippen LogP contribution < -0.4 is 15.2 Å². The summed E-state index contributed by atoms with van der Waals surface area (Å²) in [5.74, 6) is 2.17. The van der Waals surface area contributed by atoms with Crippen molar-refractivity contribution in [2.24, 2.45) is 0 Å². The highest BCUT2D eigenvalue weighted by molar-refractivity contribution is 7.85. The molecule has 0 radical (unpaired) electrons. The molecule has 6 rings (SSSR count). The summed E-state index contributed by atoms with van der Waals surface area (Å²) in [4.78, 5) is 8.70. The van der Waals surface area contributed by atoms with E-state index in [-0.39, 0.29) is 6.10 Å². The molecule has 186 valence electrons. The van der Waals surface area contributed by atoms with Gasteiger partial charge in [0.15, 0.2) is 5.82 Å². The minimum atomic E-state index is -1.25. The van der Waals surface area contributed by atoms with Gasteiger partial charge in [-0.05, 0) is 48.9 Å². The number of anilines is 2. The summed E-state index contributed by atoms with van der Waals surface area (Å²) >= 11 is 0. The van der Waals surface area contributed by atoms with Crippen LogP contribution in [-0.2, 0) is 28.1 Å². The van der Waals surface area contributed by atoms with E-state index in [4.69, 9.17) is 15.2 Å². The molecule has 37 heavy (non-hydrogen) atoms. The van der Waals surface area contributed by atoms with Gasteiger partial charge in [-0.15, -0.1) is 0 Å². The van der Waals surface area contributed by atoms with E-state index in [0.29, 0.717) is 29.7 Å². The van der Waals surface area contributed by atoms with Crippen LogP contribution in [-0.4, -0.2) is 18.7 Å². The Kier molecular flexibility index (Phi) is 6.07. The first kappa shape index (κ1) is 23.2. The Morgan fingerprint density at radius 2 is 1.86 bits per heavy atom. The number of nitrogens with two attached hydrogens (primary N) is 1. The van der Waals surface area contributed by atoms with E-state index in [2.05, 4.69) is 19.3 Å². The quantitative estimate of drug-likeness (QED) is 0.292. The third-order valence-electron chi connectivity index (χ3n) is 6.32. The maximum absolute atomic E-state index is 12.5. The molecule has 2 atom stereocenters. The van der Waals surface area contributed by atoms with Crippen LogP contribution in [0.15, 0.2) is 85.2 Å². The highest BCUT2D eigenvalue weighted by Gasteiger charge is 2.30. The molecule has 2 unspecified atom stereocenters. The molecular formula is C28H25N5O3S. The van der Waals surface area contributed by atoms with Gasteiger partial charge in [-0.2, -0.15) is 0 Å². The lowest BCUT2D eigenvalue weighted by Crippen LogP contribution is -2.06. The Hall–Kier alpha value is -4.21. The molecule has 0 bridgehead atoms. The van der Waals surface area contributed by atoms with Crippen molar-refractivity contribution in [3.8, 4) is 17.2 Å². The summed E-state index contributed by atoms with van der Waals surface area (Å²) in [6, 6.07) is 24.9. The van der Waals surface area contributed by atoms with Gasteiger partial charge in [0, 0.05) is 23.0 Å². The van der Waals surface area contributed by atoms with E-state index in [0.717, 1.165) is 39.2 Å². The predicted molar refractivity (Wildman–Crippen MR) is 145 cm³/mol. The van der Waals surface area contributed by atoms with Gasteiger partial charge in [-0.1, -0.05) is 36.4 Å². The van der Waals surface area contributed by atoms with Crippen LogP contribution in [0.4, 0.5) is 11.5 Å². The molecule has 0 aliphatic carbocycles. The summed E-state index contributed by atoms with van der Waals surface area (Å²) in [7, 11) is -1.25. The zero-order valence-corrected chi connectivity index (χ0v) is 20.9. The molecule has 8 nitrogen and oxygen atoms in total. The van der Waals surface area contributed by atoms with E-state index in [1.54, 1.807) is 0 Å². The lowest BCUT2D eigenvalue weighted by Gasteiger charge is -2.12. The van der Waals surface area contributed by atoms with Crippen molar-refractivity contribution in [1.29, 1.82) is 0 Å². The molecule has 1 aliphatic rings. The van der Waals surface area contributed by atoms with Gasteiger partial charge in [0.25, 0.3) is 0 Å². The van der Waals surface area contributed by atoms with Crippen LogP contribution in [0.5, 0.6) is 11.5 Å². The largest absolute Gasteiger partial charge is 0.457 e. The number of hydrogen-bond acceptors (Lipinski definition) is 6. The molecular weight excluding hydrogens is 486 g/mol. The normalized spacial score (nSPS) is 15.4. The lowest BCUT2D eigenvalue weighted by molar-refractivity contribution is 0.0783. The van der Waals surface area contributed by atoms with Gasteiger partial charge in [0.1, 0.15) is 39.8 Å². The molecule has 0 saturated carbocycles. The number of nitrogens with one attached hydrogen (secondary N) is 1. The third-order valence-corrected chi connectivity index (χ3v) is 7.38. The monoisotopic (exact) mass is 511 g/mol. The van der Waals surface area contributed by atoms with Gasteiger partial charge in [-0.3, -0.25) is 0 Å². The second-order valence-electron chi connectivity index (χ2n) is 8.81. The Labute approximate surface area is 216 Å². The summed E-state index contributed by atoms with van der Waals surface area (Å²) in [6.45, 7) is 2.50. The standard InChI is InChI=1S/C28H25N5O3S/c1-18-25-24(15-35-18)33(27-26(25)30-17-31-28(27)29)21-10-12-22(13-11-21)36-23-9-5-8-20(14-23)32-37(34)16-19-6-3-2-4-7-19/h2-14,17-18,32H,15-16H2,1H3,(H2,29,30,31). The van der Waals surface area contributed by atoms with Gasteiger partial charge in [0.05, 0.1) is 24.2 Å². The number of rotatable bonds is 7. The Bertz CT molecular complexity index is 1600. The fraction of sp³-hybridized carbons (Fsp3) is 0.143. The fourth-order valence-electron chi connectivity index (χ4n) is 4.66. The average Bonchev–Trinajstić information content (AvgIpc) is 3.44. The smallest absolute Gasteiger partial charge is 0.151 e. The summed E-state index contributed by atoms with van der Waals surface area (Å²) in [5.41, 5.74) is 12.6. The molecule has 0 saturated heterocycles. The number of fused-ring (bicyclic) bond motifs is 3.